The Kier molecular flexibility index (Phi) is 6.94. The van der Waals surface area contributed by atoms with Gasteiger partial charge in [0.2, 0.25) is 5.91 Å². The Morgan fingerprint density at radius 1 is 1.30 bits per heavy atom. The number of benzene rings is 1. The lowest BCUT2D eigenvalue weighted by Crippen LogP contribution is -2.47. The highest BCUT2D eigenvalue weighted by atomic mass is 19.4. The molecule has 1 atom stereocenters. The SMILES string of the molecule is Cc1ccc(OCC2CN(C(=O)C=Cc3cccc(OC(F)(F)F)c3)CCO2)cn1. The van der Waals surface area contributed by atoms with Crippen molar-refractivity contribution >= 4 is 12.0 Å². The van der Waals surface area contributed by atoms with E-state index >= 15 is 0 Å². The first kappa shape index (κ1) is 21.6. The van der Waals surface area contributed by atoms with E-state index < -0.39 is 6.36 Å². The van der Waals surface area contributed by atoms with Crippen LogP contribution in [0.15, 0.2) is 48.7 Å². The van der Waals surface area contributed by atoms with E-state index in [0.717, 1.165) is 5.69 Å². The summed E-state index contributed by atoms with van der Waals surface area (Å²) in [6, 6.07) is 9.07. The first-order valence-electron chi connectivity index (χ1n) is 9.28. The maximum absolute atomic E-state index is 12.5. The number of morpholine rings is 1. The van der Waals surface area contributed by atoms with Crippen molar-refractivity contribution in [2.45, 2.75) is 19.4 Å². The average molecular weight is 422 g/mol. The number of carbonyl (C=O) groups excluding carboxylic acids is 1. The van der Waals surface area contributed by atoms with Crippen molar-refractivity contribution in [3.8, 4) is 11.5 Å². The van der Waals surface area contributed by atoms with Gasteiger partial charge in [-0.2, -0.15) is 0 Å². The molecule has 1 aliphatic heterocycles. The topological polar surface area (TPSA) is 60.9 Å². The third-order valence-corrected chi connectivity index (χ3v) is 4.28. The van der Waals surface area contributed by atoms with Gasteiger partial charge in [0, 0.05) is 18.3 Å². The number of rotatable bonds is 6. The second kappa shape index (κ2) is 9.62. The van der Waals surface area contributed by atoms with E-state index in [4.69, 9.17) is 9.47 Å². The number of hydrogen-bond donors (Lipinski definition) is 0. The molecular formula is C21H21F3N2O4. The summed E-state index contributed by atoms with van der Waals surface area (Å²) in [5.41, 5.74) is 1.31. The van der Waals surface area contributed by atoms with Crippen molar-refractivity contribution in [1.29, 1.82) is 0 Å². The Balaban J connectivity index is 1.53. The molecule has 0 bridgehead atoms. The minimum atomic E-state index is -4.77. The predicted molar refractivity (Wildman–Crippen MR) is 103 cm³/mol. The van der Waals surface area contributed by atoms with E-state index in [2.05, 4.69) is 9.72 Å². The monoisotopic (exact) mass is 422 g/mol. The van der Waals surface area contributed by atoms with E-state index in [0.29, 0.717) is 31.0 Å². The predicted octanol–water partition coefficient (Wildman–Crippen LogP) is 3.61. The number of hydrogen-bond acceptors (Lipinski definition) is 5. The molecule has 0 aliphatic carbocycles. The van der Waals surface area contributed by atoms with E-state index in [-0.39, 0.29) is 24.4 Å². The van der Waals surface area contributed by atoms with E-state index in [9.17, 15) is 18.0 Å². The smallest absolute Gasteiger partial charge is 0.489 e. The molecule has 2 heterocycles. The molecular weight excluding hydrogens is 401 g/mol. The van der Waals surface area contributed by atoms with Gasteiger partial charge in [-0.15, -0.1) is 13.2 Å². The Morgan fingerprint density at radius 2 is 2.13 bits per heavy atom. The van der Waals surface area contributed by atoms with Crippen molar-refractivity contribution in [2.75, 3.05) is 26.3 Å². The number of pyridine rings is 1. The van der Waals surface area contributed by atoms with Crippen LogP contribution in [0.25, 0.3) is 6.08 Å². The van der Waals surface area contributed by atoms with Gasteiger partial charge in [-0.1, -0.05) is 12.1 Å². The number of alkyl halides is 3. The molecule has 1 aromatic heterocycles. The molecule has 6 nitrogen and oxygen atoms in total. The van der Waals surface area contributed by atoms with Gasteiger partial charge in [0.25, 0.3) is 0 Å². The number of carbonyl (C=O) groups is 1. The van der Waals surface area contributed by atoms with Gasteiger partial charge in [-0.3, -0.25) is 9.78 Å². The summed E-state index contributed by atoms with van der Waals surface area (Å²) in [5, 5.41) is 0. The molecule has 30 heavy (non-hydrogen) atoms. The van der Waals surface area contributed by atoms with Crippen molar-refractivity contribution in [3.05, 3.63) is 59.9 Å². The van der Waals surface area contributed by atoms with E-state index in [1.165, 1.54) is 30.4 Å². The van der Waals surface area contributed by atoms with Gasteiger partial charge in [-0.25, -0.2) is 0 Å². The second-order valence-electron chi connectivity index (χ2n) is 6.68. The zero-order valence-corrected chi connectivity index (χ0v) is 16.3. The molecule has 1 amide bonds. The van der Waals surface area contributed by atoms with Crippen LogP contribution in [0.1, 0.15) is 11.3 Å². The van der Waals surface area contributed by atoms with Gasteiger partial charge in [0.15, 0.2) is 0 Å². The lowest BCUT2D eigenvalue weighted by molar-refractivity contribution is -0.274. The molecule has 0 saturated carbocycles. The quantitative estimate of drug-likeness (QED) is 0.666. The molecule has 1 aliphatic rings. The van der Waals surface area contributed by atoms with Gasteiger partial charge < -0.3 is 19.1 Å². The molecule has 0 spiro atoms. The first-order chi connectivity index (χ1) is 14.3. The third-order valence-electron chi connectivity index (χ3n) is 4.28. The summed E-state index contributed by atoms with van der Waals surface area (Å²) in [6.45, 7) is 3.29. The fourth-order valence-electron chi connectivity index (χ4n) is 2.84. The largest absolute Gasteiger partial charge is 0.573 e. The van der Waals surface area contributed by atoms with Crippen LogP contribution < -0.4 is 9.47 Å². The van der Waals surface area contributed by atoms with Gasteiger partial charge >= 0.3 is 6.36 Å². The molecule has 1 saturated heterocycles. The number of ether oxygens (including phenoxy) is 3. The Bertz CT molecular complexity index is 885. The maximum Gasteiger partial charge on any atom is 0.573 e. The highest BCUT2D eigenvalue weighted by molar-refractivity contribution is 5.91. The van der Waals surface area contributed by atoms with Crippen molar-refractivity contribution in [3.63, 3.8) is 0 Å². The Morgan fingerprint density at radius 3 is 2.87 bits per heavy atom. The van der Waals surface area contributed by atoms with Crippen LogP contribution in [0, 0.1) is 6.92 Å². The average Bonchev–Trinajstić information content (AvgIpc) is 2.71. The van der Waals surface area contributed by atoms with Crippen molar-refractivity contribution in [2.24, 2.45) is 0 Å². The number of aryl methyl sites for hydroxylation is 1. The minimum absolute atomic E-state index is 0.262. The normalized spacial score (nSPS) is 17.2. The Labute approximate surface area is 171 Å². The standard InChI is InChI=1S/C21H21F3N2O4/c1-15-5-7-18(12-25-15)29-14-19-13-26(9-10-28-19)20(27)8-6-16-3-2-4-17(11-16)30-21(22,23)24/h2-8,11-12,19H,9-10,13-14H2,1H3. The molecule has 1 aromatic carbocycles. The number of amides is 1. The summed E-state index contributed by atoms with van der Waals surface area (Å²) in [5.74, 6) is 0.0160. The summed E-state index contributed by atoms with van der Waals surface area (Å²) in [4.78, 5) is 18.2. The lowest BCUT2D eigenvalue weighted by atomic mass is 10.2. The van der Waals surface area contributed by atoms with Crippen molar-refractivity contribution < 1.29 is 32.2 Å². The number of nitrogens with zero attached hydrogens (tertiary/aromatic N) is 2. The van der Waals surface area contributed by atoms with Gasteiger partial charge in [-0.05, 0) is 42.8 Å². The molecule has 9 heteroatoms. The first-order valence-corrected chi connectivity index (χ1v) is 9.28. The van der Waals surface area contributed by atoms with Crippen LogP contribution in [0.4, 0.5) is 13.2 Å². The van der Waals surface area contributed by atoms with Crippen LogP contribution in [0.5, 0.6) is 11.5 Å². The van der Waals surface area contributed by atoms with Crippen LogP contribution in [-0.2, 0) is 9.53 Å². The number of aromatic nitrogens is 1. The zero-order chi connectivity index (χ0) is 21.6. The summed E-state index contributed by atoms with van der Waals surface area (Å²) in [6.07, 6.45) is -0.663. The van der Waals surface area contributed by atoms with Gasteiger partial charge in [0.05, 0.1) is 19.3 Å². The van der Waals surface area contributed by atoms with Crippen LogP contribution in [0.2, 0.25) is 0 Å². The fourth-order valence-corrected chi connectivity index (χ4v) is 2.84. The van der Waals surface area contributed by atoms with Crippen LogP contribution in [-0.4, -0.2) is 54.6 Å². The molecule has 160 valence electrons. The van der Waals surface area contributed by atoms with Crippen LogP contribution >= 0.6 is 0 Å². The lowest BCUT2D eigenvalue weighted by Gasteiger charge is -2.32. The third kappa shape index (κ3) is 6.77. The molecule has 3 rings (SSSR count). The second-order valence-corrected chi connectivity index (χ2v) is 6.68. The molecule has 0 N–H and O–H groups in total. The maximum atomic E-state index is 12.5. The zero-order valence-electron chi connectivity index (χ0n) is 16.3. The van der Waals surface area contributed by atoms with E-state index in [1.807, 2.05) is 19.1 Å². The highest BCUT2D eigenvalue weighted by Crippen LogP contribution is 2.23. The summed E-state index contributed by atoms with van der Waals surface area (Å²) >= 11 is 0. The molecule has 0 radical (unpaired) electrons. The molecule has 2 aromatic rings. The highest BCUT2D eigenvalue weighted by Gasteiger charge is 2.31. The minimum Gasteiger partial charge on any atom is -0.489 e. The molecule has 1 fully saturated rings. The van der Waals surface area contributed by atoms with Crippen LogP contribution in [0.3, 0.4) is 0 Å². The molecule has 1 unspecified atom stereocenters. The summed E-state index contributed by atoms with van der Waals surface area (Å²) in [7, 11) is 0. The fraction of sp³-hybridized carbons (Fsp3) is 0.333. The number of halogens is 3. The Hall–Kier alpha value is -3.07. The van der Waals surface area contributed by atoms with Crippen molar-refractivity contribution in [1.82, 2.24) is 9.88 Å². The van der Waals surface area contributed by atoms with Gasteiger partial charge in [0.1, 0.15) is 24.2 Å². The summed E-state index contributed by atoms with van der Waals surface area (Å²) < 4.78 is 52.2. The van der Waals surface area contributed by atoms with E-state index in [1.54, 1.807) is 17.2 Å².